The Balaban J connectivity index is 1.42. The number of hydrogen-bond donors (Lipinski definition) is 1. The van der Waals surface area contributed by atoms with Crippen LogP contribution in [0.25, 0.3) is 6.08 Å². The molecule has 0 fully saturated rings. The van der Waals surface area contributed by atoms with Crippen LogP contribution in [0.5, 0.6) is 5.75 Å². The van der Waals surface area contributed by atoms with Crippen molar-refractivity contribution in [3.8, 4) is 29.4 Å². The molecule has 0 spiro atoms. The van der Waals surface area contributed by atoms with Crippen LogP contribution >= 0.6 is 0 Å². The van der Waals surface area contributed by atoms with E-state index in [1.54, 1.807) is 18.2 Å². The molecule has 0 atom stereocenters. The Labute approximate surface area is 193 Å². The molecule has 0 aliphatic rings. The van der Waals surface area contributed by atoms with E-state index in [-0.39, 0.29) is 17.1 Å². The van der Waals surface area contributed by atoms with E-state index in [0.717, 1.165) is 22.3 Å². The molecule has 4 rings (SSSR count). The molecule has 4 aromatic carbocycles. The molecule has 0 saturated carbocycles. The van der Waals surface area contributed by atoms with E-state index in [1.165, 1.54) is 12.1 Å². The third-order valence-electron chi connectivity index (χ3n) is 4.85. The zero-order chi connectivity index (χ0) is 22.9. The van der Waals surface area contributed by atoms with E-state index < -0.39 is 0 Å². The fraction of sp³-hybridized carbons (Fsp3) is 0. The number of aromatic hydroxyl groups is 1. The zero-order valence-electron chi connectivity index (χ0n) is 17.8. The molecule has 0 aliphatic carbocycles. The molecule has 2 nitrogen and oxygen atoms in total. The maximum Gasteiger partial charge on any atom is 0.189 e. The molecule has 4 aromatic rings. The predicted octanol–water partition coefficient (Wildman–Crippen LogP) is 6.09. The third kappa shape index (κ3) is 6.11. The Bertz CT molecular complexity index is 1410. The first-order valence-electron chi connectivity index (χ1n) is 10.5. The predicted molar refractivity (Wildman–Crippen MR) is 133 cm³/mol. The molecule has 156 valence electrons. The van der Waals surface area contributed by atoms with E-state index in [0.29, 0.717) is 5.56 Å². The highest BCUT2D eigenvalue weighted by molar-refractivity contribution is 6.08. The third-order valence-corrected chi connectivity index (χ3v) is 4.85. The van der Waals surface area contributed by atoms with Crippen LogP contribution in [0.15, 0.2) is 109 Å². The van der Waals surface area contributed by atoms with Crippen LogP contribution in [0.2, 0.25) is 0 Å². The number of ketones is 1. The molecule has 0 heterocycles. The second-order valence-corrected chi connectivity index (χ2v) is 7.28. The van der Waals surface area contributed by atoms with Crippen molar-refractivity contribution >= 4 is 11.9 Å². The number of carbonyl (C=O) groups excluding carboxylic acids is 1. The molecule has 0 amide bonds. The molecular weight excluding hydrogens is 404 g/mol. The van der Waals surface area contributed by atoms with Crippen molar-refractivity contribution in [3.05, 3.63) is 143 Å². The second-order valence-electron chi connectivity index (χ2n) is 7.28. The van der Waals surface area contributed by atoms with Crippen molar-refractivity contribution in [2.75, 3.05) is 0 Å². The van der Waals surface area contributed by atoms with Gasteiger partial charge in [0.25, 0.3) is 0 Å². The van der Waals surface area contributed by atoms with Crippen LogP contribution in [-0.2, 0) is 0 Å². The smallest absolute Gasteiger partial charge is 0.189 e. The number of phenols is 1. The molecule has 0 unspecified atom stereocenters. The van der Waals surface area contributed by atoms with E-state index in [9.17, 15) is 9.90 Å². The van der Waals surface area contributed by atoms with Gasteiger partial charge in [-0.25, -0.2) is 0 Å². The van der Waals surface area contributed by atoms with Crippen LogP contribution in [0.3, 0.4) is 0 Å². The number of benzene rings is 4. The van der Waals surface area contributed by atoms with Crippen molar-refractivity contribution in [2.24, 2.45) is 0 Å². The van der Waals surface area contributed by atoms with Crippen LogP contribution in [0, 0.1) is 23.7 Å². The van der Waals surface area contributed by atoms with Crippen LogP contribution in [0.4, 0.5) is 0 Å². The van der Waals surface area contributed by atoms with E-state index in [1.807, 2.05) is 84.9 Å². The normalized spacial score (nSPS) is 10.1. The number of hydrogen-bond acceptors (Lipinski definition) is 2. The van der Waals surface area contributed by atoms with Crippen LogP contribution in [0.1, 0.15) is 38.2 Å². The number of allylic oxidation sites excluding steroid dienone is 1. The van der Waals surface area contributed by atoms with Crippen molar-refractivity contribution in [3.63, 3.8) is 0 Å². The SMILES string of the molecule is O=C(C=Cc1ccc(C#Cc2ccccc2)cc1)c1ccc(C#Cc2ccccc2)cc1O. The van der Waals surface area contributed by atoms with Gasteiger partial charge in [-0.05, 0) is 66.2 Å². The van der Waals surface area contributed by atoms with E-state index in [2.05, 4.69) is 23.7 Å². The van der Waals surface area contributed by atoms with Gasteiger partial charge in [-0.2, -0.15) is 0 Å². The summed E-state index contributed by atoms with van der Waals surface area (Å²) in [5, 5.41) is 10.3. The highest BCUT2D eigenvalue weighted by atomic mass is 16.3. The van der Waals surface area contributed by atoms with Gasteiger partial charge in [0, 0.05) is 22.3 Å². The minimum absolute atomic E-state index is 0.0870. The van der Waals surface area contributed by atoms with Crippen molar-refractivity contribution < 1.29 is 9.90 Å². The summed E-state index contributed by atoms with van der Waals surface area (Å²) in [5.41, 5.74) is 4.50. The minimum atomic E-state index is -0.275. The van der Waals surface area contributed by atoms with Gasteiger partial charge >= 0.3 is 0 Å². The highest BCUT2D eigenvalue weighted by Crippen LogP contribution is 2.20. The lowest BCUT2D eigenvalue weighted by atomic mass is 10.0. The van der Waals surface area contributed by atoms with E-state index in [4.69, 9.17) is 0 Å². The Morgan fingerprint density at radius 1 is 0.606 bits per heavy atom. The van der Waals surface area contributed by atoms with Crippen LogP contribution in [-0.4, -0.2) is 10.9 Å². The van der Waals surface area contributed by atoms with Gasteiger partial charge in [-0.1, -0.05) is 78.3 Å². The summed E-state index contributed by atoms with van der Waals surface area (Å²) in [4.78, 5) is 12.6. The number of rotatable bonds is 3. The molecule has 0 bridgehead atoms. The fourth-order valence-corrected chi connectivity index (χ4v) is 3.09. The van der Waals surface area contributed by atoms with Gasteiger partial charge < -0.3 is 5.11 Å². The van der Waals surface area contributed by atoms with Gasteiger partial charge in [0.2, 0.25) is 0 Å². The van der Waals surface area contributed by atoms with Gasteiger partial charge in [0.15, 0.2) is 5.78 Å². The zero-order valence-corrected chi connectivity index (χ0v) is 17.8. The monoisotopic (exact) mass is 424 g/mol. The average molecular weight is 424 g/mol. The number of carbonyl (C=O) groups is 1. The fourth-order valence-electron chi connectivity index (χ4n) is 3.09. The Kier molecular flexibility index (Phi) is 6.82. The Morgan fingerprint density at radius 3 is 1.64 bits per heavy atom. The lowest BCUT2D eigenvalue weighted by molar-refractivity contribution is 0.104. The van der Waals surface area contributed by atoms with Crippen LogP contribution < -0.4 is 0 Å². The first kappa shape index (κ1) is 21.4. The molecule has 0 aromatic heterocycles. The van der Waals surface area contributed by atoms with Crippen molar-refractivity contribution in [1.82, 2.24) is 0 Å². The first-order valence-corrected chi connectivity index (χ1v) is 10.5. The molecular formula is C31H20O2. The van der Waals surface area contributed by atoms with E-state index >= 15 is 0 Å². The largest absolute Gasteiger partial charge is 0.507 e. The summed E-state index contributed by atoms with van der Waals surface area (Å²) >= 11 is 0. The summed E-state index contributed by atoms with van der Waals surface area (Å²) in [6.07, 6.45) is 3.17. The van der Waals surface area contributed by atoms with Crippen molar-refractivity contribution in [1.29, 1.82) is 0 Å². The van der Waals surface area contributed by atoms with Gasteiger partial charge in [-0.15, -0.1) is 0 Å². The molecule has 0 radical (unpaired) electrons. The highest BCUT2D eigenvalue weighted by Gasteiger charge is 2.08. The maximum absolute atomic E-state index is 12.6. The lowest BCUT2D eigenvalue weighted by Crippen LogP contribution is -1.95. The molecule has 1 N–H and O–H groups in total. The Morgan fingerprint density at radius 2 is 1.09 bits per heavy atom. The van der Waals surface area contributed by atoms with Gasteiger partial charge in [0.05, 0.1) is 5.56 Å². The van der Waals surface area contributed by atoms with Crippen molar-refractivity contribution in [2.45, 2.75) is 0 Å². The number of phenolic OH excluding ortho intramolecular Hbond substituents is 1. The standard InChI is InChI=1S/C31H20O2/c32-30(29-21-19-28(23-31(29)33)18-17-25-9-5-2-6-10-25)22-20-27-15-13-26(14-16-27)12-11-24-7-3-1-4-8-24/h1-10,13-16,19-23,33H. The second kappa shape index (κ2) is 10.5. The molecule has 0 aliphatic heterocycles. The Hall–Kier alpha value is -4.79. The lowest BCUT2D eigenvalue weighted by Gasteiger charge is -2.01. The summed E-state index contributed by atoms with van der Waals surface area (Å²) in [7, 11) is 0. The quantitative estimate of drug-likeness (QED) is 0.246. The average Bonchev–Trinajstić information content (AvgIpc) is 2.87. The first-order chi connectivity index (χ1) is 16.2. The molecule has 0 saturated heterocycles. The summed E-state index contributed by atoms with van der Waals surface area (Å²) in [6.45, 7) is 0. The minimum Gasteiger partial charge on any atom is -0.507 e. The summed E-state index contributed by atoms with van der Waals surface area (Å²) < 4.78 is 0. The van der Waals surface area contributed by atoms with Gasteiger partial charge in [-0.3, -0.25) is 4.79 Å². The van der Waals surface area contributed by atoms with Gasteiger partial charge in [0.1, 0.15) is 5.75 Å². The maximum atomic E-state index is 12.6. The summed E-state index contributed by atoms with van der Waals surface area (Å²) in [6, 6.07) is 31.9. The summed E-state index contributed by atoms with van der Waals surface area (Å²) in [5.74, 6) is 11.9. The molecule has 33 heavy (non-hydrogen) atoms. The topological polar surface area (TPSA) is 37.3 Å². The molecule has 2 heteroatoms.